The standard InChI is InChI=1S/C20H30N4O2/c1-20(2,3)26-19(25)24(16-11-17-9-6-5-7-10-17)14-8-13-21-18-12-15-23(4)22-18/h5-7,9-10,12,15H,8,11,13-14,16H2,1-4H3,(H,21,22). The fraction of sp³-hybridized carbons (Fsp3) is 0.500. The lowest BCUT2D eigenvalue weighted by Gasteiger charge is -2.27. The van der Waals surface area contributed by atoms with Crippen molar-refractivity contribution in [2.45, 2.75) is 39.2 Å². The summed E-state index contributed by atoms with van der Waals surface area (Å²) in [6.07, 6.45) is 3.28. The number of benzene rings is 1. The molecule has 0 unspecified atom stereocenters. The van der Waals surface area contributed by atoms with Gasteiger partial charge in [0.2, 0.25) is 0 Å². The summed E-state index contributed by atoms with van der Waals surface area (Å²) in [6.45, 7) is 7.71. The van der Waals surface area contributed by atoms with Gasteiger partial charge in [-0.15, -0.1) is 0 Å². The number of carbonyl (C=O) groups is 1. The number of amides is 1. The van der Waals surface area contributed by atoms with Crippen LogP contribution >= 0.6 is 0 Å². The van der Waals surface area contributed by atoms with Crippen molar-refractivity contribution in [2.24, 2.45) is 7.05 Å². The molecule has 1 amide bonds. The van der Waals surface area contributed by atoms with Gasteiger partial charge >= 0.3 is 6.09 Å². The highest BCUT2D eigenvalue weighted by molar-refractivity contribution is 5.68. The summed E-state index contributed by atoms with van der Waals surface area (Å²) in [5, 5.41) is 7.56. The van der Waals surface area contributed by atoms with E-state index in [9.17, 15) is 4.79 Å². The van der Waals surface area contributed by atoms with Gasteiger partial charge in [-0.3, -0.25) is 4.68 Å². The third-order valence-corrected chi connectivity index (χ3v) is 3.79. The molecule has 0 aliphatic rings. The molecule has 1 heterocycles. The summed E-state index contributed by atoms with van der Waals surface area (Å²) in [4.78, 5) is 14.3. The molecule has 0 aliphatic heterocycles. The average molecular weight is 358 g/mol. The van der Waals surface area contributed by atoms with Crippen molar-refractivity contribution in [3.8, 4) is 0 Å². The Kier molecular flexibility index (Phi) is 7.06. The molecule has 1 N–H and O–H groups in total. The van der Waals surface area contributed by atoms with E-state index < -0.39 is 5.60 Å². The van der Waals surface area contributed by atoms with Crippen LogP contribution in [-0.2, 0) is 18.2 Å². The number of ether oxygens (including phenoxy) is 1. The number of aromatic nitrogens is 2. The minimum atomic E-state index is -0.492. The van der Waals surface area contributed by atoms with E-state index in [2.05, 4.69) is 22.5 Å². The molecule has 142 valence electrons. The molecule has 6 heteroatoms. The zero-order chi connectivity index (χ0) is 19.0. The van der Waals surface area contributed by atoms with E-state index in [-0.39, 0.29) is 6.09 Å². The van der Waals surface area contributed by atoms with E-state index in [0.717, 1.165) is 25.2 Å². The predicted octanol–water partition coefficient (Wildman–Crippen LogP) is 3.70. The second-order valence-electron chi connectivity index (χ2n) is 7.36. The molecule has 0 spiro atoms. The smallest absolute Gasteiger partial charge is 0.410 e. The highest BCUT2D eigenvalue weighted by Gasteiger charge is 2.21. The fourth-order valence-electron chi connectivity index (χ4n) is 2.53. The number of rotatable bonds is 8. The van der Waals surface area contributed by atoms with Gasteiger partial charge in [0.1, 0.15) is 11.4 Å². The third kappa shape index (κ3) is 7.17. The zero-order valence-electron chi connectivity index (χ0n) is 16.2. The quantitative estimate of drug-likeness (QED) is 0.731. The van der Waals surface area contributed by atoms with Crippen LogP contribution in [0.5, 0.6) is 0 Å². The number of nitrogens with zero attached hydrogens (tertiary/aromatic N) is 3. The summed E-state index contributed by atoms with van der Waals surface area (Å²) in [5.41, 5.74) is 0.724. The van der Waals surface area contributed by atoms with Gasteiger partial charge < -0.3 is 15.0 Å². The number of anilines is 1. The highest BCUT2D eigenvalue weighted by atomic mass is 16.6. The highest BCUT2D eigenvalue weighted by Crippen LogP contribution is 2.11. The van der Waals surface area contributed by atoms with Crippen molar-refractivity contribution in [1.29, 1.82) is 0 Å². The second-order valence-corrected chi connectivity index (χ2v) is 7.36. The van der Waals surface area contributed by atoms with Crippen molar-refractivity contribution in [2.75, 3.05) is 25.0 Å². The van der Waals surface area contributed by atoms with Crippen LogP contribution < -0.4 is 5.32 Å². The monoisotopic (exact) mass is 358 g/mol. The third-order valence-electron chi connectivity index (χ3n) is 3.79. The van der Waals surface area contributed by atoms with Crippen LogP contribution in [0.2, 0.25) is 0 Å². The fourth-order valence-corrected chi connectivity index (χ4v) is 2.53. The topological polar surface area (TPSA) is 59.4 Å². The average Bonchev–Trinajstić information content (AvgIpc) is 2.98. The van der Waals surface area contributed by atoms with Crippen molar-refractivity contribution in [3.05, 3.63) is 48.2 Å². The molecule has 2 rings (SSSR count). The van der Waals surface area contributed by atoms with Gasteiger partial charge in [-0.2, -0.15) is 5.10 Å². The molecule has 0 aliphatic carbocycles. The lowest BCUT2D eigenvalue weighted by molar-refractivity contribution is 0.0251. The molecule has 0 bridgehead atoms. The molecule has 0 saturated heterocycles. The van der Waals surface area contributed by atoms with Gasteiger partial charge in [0, 0.05) is 38.9 Å². The van der Waals surface area contributed by atoms with Crippen LogP contribution in [0.15, 0.2) is 42.6 Å². The van der Waals surface area contributed by atoms with Crippen LogP contribution in [-0.4, -0.2) is 46.0 Å². The van der Waals surface area contributed by atoms with E-state index in [1.807, 2.05) is 58.3 Å². The summed E-state index contributed by atoms with van der Waals surface area (Å²) in [5.74, 6) is 0.848. The van der Waals surface area contributed by atoms with Gasteiger partial charge in [0.15, 0.2) is 0 Å². The second kappa shape index (κ2) is 9.27. The first-order chi connectivity index (χ1) is 12.3. The molecular formula is C20H30N4O2. The van der Waals surface area contributed by atoms with E-state index in [4.69, 9.17) is 4.74 Å². The lowest BCUT2D eigenvalue weighted by atomic mass is 10.1. The molecule has 0 radical (unpaired) electrons. The van der Waals surface area contributed by atoms with Crippen molar-refractivity contribution < 1.29 is 9.53 Å². The van der Waals surface area contributed by atoms with Crippen LogP contribution in [0.25, 0.3) is 0 Å². The van der Waals surface area contributed by atoms with Crippen LogP contribution in [0, 0.1) is 0 Å². The summed E-state index contributed by atoms with van der Waals surface area (Å²) in [6, 6.07) is 12.1. The summed E-state index contributed by atoms with van der Waals surface area (Å²) < 4.78 is 7.32. The Morgan fingerprint density at radius 1 is 1.19 bits per heavy atom. The molecule has 6 nitrogen and oxygen atoms in total. The van der Waals surface area contributed by atoms with Crippen LogP contribution in [0.1, 0.15) is 32.8 Å². The number of hydrogen-bond donors (Lipinski definition) is 1. The first kappa shape index (κ1) is 19.8. The Bertz CT molecular complexity index is 677. The Balaban J connectivity index is 1.85. The van der Waals surface area contributed by atoms with Crippen LogP contribution in [0.4, 0.5) is 10.6 Å². The Morgan fingerprint density at radius 2 is 1.92 bits per heavy atom. The molecule has 0 fully saturated rings. The lowest BCUT2D eigenvalue weighted by Crippen LogP contribution is -2.39. The maximum atomic E-state index is 12.5. The summed E-state index contributed by atoms with van der Waals surface area (Å²) >= 11 is 0. The van der Waals surface area contributed by atoms with Gasteiger partial charge in [0.25, 0.3) is 0 Å². The minimum Gasteiger partial charge on any atom is -0.444 e. The first-order valence-electron chi connectivity index (χ1n) is 9.09. The number of aryl methyl sites for hydroxylation is 1. The first-order valence-corrected chi connectivity index (χ1v) is 9.09. The molecule has 1 aromatic heterocycles. The van der Waals surface area contributed by atoms with Gasteiger partial charge in [-0.25, -0.2) is 4.79 Å². The Morgan fingerprint density at radius 3 is 2.54 bits per heavy atom. The van der Waals surface area contributed by atoms with Crippen molar-refractivity contribution >= 4 is 11.9 Å². The van der Waals surface area contributed by atoms with E-state index >= 15 is 0 Å². The Hall–Kier alpha value is -2.50. The normalized spacial score (nSPS) is 11.2. The summed E-state index contributed by atoms with van der Waals surface area (Å²) in [7, 11) is 1.89. The van der Waals surface area contributed by atoms with E-state index in [1.165, 1.54) is 5.56 Å². The SMILES string of the molecule is Cn1ccc(NCCCN(CCc2ccccc2)C(=O)OC(C)(C)C)n1. The van der Waals surface area contributed by atoms with Gasteiger partial charge in [-0.1, -0.05) is 30.3 Å². The van der Waals surface area contributed by atoms with Crippen molar-refractivity contribution in [1.82, 2.24) is 14.7 Å². The minimum absolute atomic E-state index is 0.258. The number of nitrogens with one attached hydrogen (secondary N) is 1. The molecule has 2 aromatic rings. The van der Waals surface area contributed by atoms with Gasteiger partial charge in [-0.05, 0) is 39.2 Å². The number of carbonyl (C=O) groups excluding carboxylic acids is 1. The molecule has 1 aromatic carbocycles. The predicted molar refractivity (Wildman–Crippen MR) is 104 cm³/mol. The number of hydrogen-bond acceptors (Lipinski definition) is 4. The maximum Gasteiger partial charge on any atom is 0.410 e. The molecule has 26 heavy (non-hydrogen) atoms. The molecule has 0 atom stereocenters. The largest absolute Gasteiger partial charge is 0.444 e. The van der Waals surface area contributed by atoms with Gasteiger partial charge in [0.05, 0.1) is 0 Å². The maximum absolute atomic E-state index is 12.5. The Labute approximate surface area is 156 Å². The molecule has 0 saturated carbocycles. The van der Waals surface area contributed by atoms with Crippen LogP contribution in [0.3, 0.4) is 0 Å². The molecular weight excluding hydrogens is 328 g/mol. The van der Waals surface area contributed by atoms with E-state index in [1.54, 1.807) is 9.58 Å². The van der Waals surface area contributed by atoms with Crippen molar-refractivity contribution in [3.63, 3.8) is 0 Å². The van der Waals surface area contributed by atoms with E-state index in [0.29, 0.717) is 13.1 Å². The zero-order valence-corrected chi connectivity index (χ0v) is 16.2.